The molecule has 1 aromatic rings. The minimum atomic E-state index is 0.598. The first kappa shape index (κ1) is 12.5. The van der Waals surface area contributed by atoms with Crippen LogP contribution < -0.4 is 5.32 Å². The van der Waals surface area contributed by atoms with Crippen molar-refractivity contribution in [3.8, 4) is 0 Å². The molecule has 1 N–H and O–H groups in total. The lowest BCUT2D eigenvalue weighted by atomic mass is 9.89. The van der Waals surface area contributed by atoms with Crippen molar-refractivity contribution in [2.45, 2.75) is 37.8 Å². The van der Waals surface area contributed by atoms with Gasteiger partial charge in [0.25, 0.3) is 0 Å². The number of benzene rings is 1. The van der Waals surface area contributed by atoms with Crippen LogP contribution in [0, 0.1) is 5.92 Å². The fourth-order valence-corrected chi connectivity index (χ4v) is 2.82. The van der Waals surface area contributed by atoms with Crippen LogP contribution in [-0.2, 0) is 11.2 Å². The maximum Gasteiger partial charge on any atom is 0.0512 e. The van der Waals surface area contributed by atoms with E-state index >= 15 is 0 Å². The monoisotopic (exact) mass is 265 g/mol. The van der Waals surface area contributed by atoms with Gasteiger partial charge in [0, 0.05) is 29.6 Å². The molecule has 3 heteroatoms. The molecule has 1 aliphatic carbocycles. The van der Waals surface area contributed by atoms with Gasteiger partial charge in [-0.1, -0.05) is 23.7 Å². The van der Waals surface area contributed by atoms with Gasteiger partial charge < -0.3 is 10.1 Å². The highest BCUT2D eigenvalue weighted by molar-refractivity contribution is 6.30. The summed E-state index contributed by atoms with van der Waals surface area (Å²) in [7, 11) is 0. The van der Waals surface area contributed by atoms with Crippen LogP contribution in [0.5, 0.6) is 0 Å². The first-order chi connectivity index (χ1) is 8.81. The molecule has 1 saturated heterocycles. The molecular weight excluding hydrogens is 246 g/mol. The molecule has 2 aliphatic rings. The van der Waals surface area contributed by atoms with E-state index in [0.29, 0.717) is 12.0 Å². The van der Waals surface area contributed by atoms with Gasteiger partial charge in [-0.2, -0.15) is 0 Å². The highest BCUT2D eigenvalue weighted by Crippen LogP contribution is 2.26. The Bertz CT molecular complexity index is 388. The highest BCUT2D eigenvalue weighted by atomic mass is 35.5. The molecule has 18 heavy (non-hydrogen) atoms. The minimum Gasteiger partial charge on any atom is -0.381 e. The molecule has 2 fully saturated rings. The lowest BCUT2D eigenvalue weighted by molar-refractivity contribution is 0.0316. The summed E-state index contributed by atoms with van der Waals surface area (Å²) in [5.41, 5.74) is 1.36. The Morgan fingerprint density at radius 3 is 2.67 bits per heavy atom. The smallest absolute Gasteiger partial charge is 0.0512 e. The van der Waals surface area contributed by atoms with Crippen LogP contribution in [0.15, 0.2) is 24.3 Å². The van der Waals surface area contributed by atoms with Gasteiger partial charge in [-0.05, 0) is 43.4 Å². The highest BCUT2D eigenvalue weighted by Gasteiger charge is 2.31. The number of ether oxygens (including phenoxy) is 1. The third-order valence-electron chi connectivity index (χ3n) is 3.91. The number of halogens is 1. The van der Waals surface area contributed by atoms with Crippen LogP contribution in [0.3, 0.4) is 0 Å². The Hall–Kier alpha value is -0.570. The van der Waals surface area contributed by atoms with Crippen molar-refractivity contribution >= 4 is 11.6 Å². The van der Waals surface area contributed by atoms with Gasteiger partial charge in [0.1, 0.15) is 0 Å². The zero-order chi connectivity index (χ0) is 12.4. The SMILES string of the molecule is Clc1ccc(CC2COCCC2NC2CC2)cc1. The fourth-order valence-electron chi connectivity index (χ4n) is 2.69. The molecule has 98 valence electrons. The Morgan fingerprint density at radius 1 is 1.17 bits per heavy atom. The van der Waals surface area contributed by atoms with E-state index in [1.165, 1.54) is 18.4 Å². The molecule has 0 aromatic heterocycles. The van der Waals surface area contributed by atoms with Crippen molar-refractivity contribution in [2.24, 2.45) is 5.92 Å². The fraction of sp³-hybridized carbons (Fsp3) is 0.600. The minimum absolute atomic E-state index is 0.598. The first-order valence-corrected chi connectivity index (χ1v) is 7.27. The Labute approximate surface area is 114 Å². The number of hydrogen-bond donors (Lipinski definition) is 1. The molecule has 3 rings (SSSR count). The van der Waals surface area contributed by atoms with Gasteiger partial charge in [-0.15, -0.1) is 0 Å². The third kappa shape index (κ3) is 3.25. The van der Waals surface area contributed by atoms with E-state index in [2.05, 4.69) is 17.4 Å². The predicted molar refractivity (Wildman–Crippen MR) is 74.0 cm³/mol. The van der Waals surface area contributed by atoms with Crippen molar-refractivity contribution in [1.29, 1.82) is 0 Å². The van der Waals surface area contributed by atoms with E-state index in [-0.39, 0.29) is 0 Å². The predicted octanol–water partition coefficient (Wildman–Crippen LogP) is 3.04. The summed E-state index contributed by atoms with van der Waals surface area (Å²) < 4.78 is 5.64. The summed E-state index contributed by atoms with van der Waals surface area (Å²) >= 11 is 5.92. The molecule has 0 amide bonds. The average Bonchev–Trinajstić information content (AvgIpc) is 3.18. The maximum absolute atomic E-state index is 5.92. The molecule has 1 saturated carbocycles. The second-order valence-electron chi connectivity index (χ2n) is 5.50. The van der Waals surface area contributed by atoms with Crippen molar-refractivity contribution in [3.05, 3.63) is 34.9 Å². The quantitative estimate of drug-likeness (QED) is 0.904. The molecule has 0 bridgehead atoms. The summed E-state index contributed by atoms with van der Waals surface area (Å²) in [5, 5.41) is 4.58. The van der Waals surface area contributed by atoms with E-state index < -0.39 is 0 Å². The summed E-state index contributed by atoms with van der Waals surface area (Å²) in [4.78, 5) is 0. The Kier molecular flexibility index (Phi) is 3.88. The second-order valence-corrected chi connectivity index (χ2v) is 5.94. The molecule has 0 spiro atoms. The molecule has 2 nitrogen and oxygen atoms in total. The topological polar surface area (TPSA) is 21.3 Å². The van der Waals surface area contributed by atoms with Crippen LogP contribution in [0.25, 0.3) is 0 Å². The van der Waals surface area contributed by atoms with Crippen molar-refractivity contribution in [2.75, 3.05) is 13.2 Å². The molecule has 0 radical (unpaired) electrons. The molecule has 2 atom stereocenters. The van der Waals surface area contributed by atoms with Crippen molar-refractivity contribution in [3.63, 3.8) is 0 Å². The Balaban J connectivity index is 1.62. The van der Waals surface area contributed by atoms with Crippen LogP contribution in [0.2, 0.25) is 5.02 Å². The molecule has 2 unspecified atom stereocenters. The van der Waals surface area contributed by atoms with E-state index in [1.807, 2.05) is 12.1 Å². The number of rotatable bonds is 4. The zero-order valence-electron chi connectivity index (χ0n) is 10.6. The first-order valence-electron chi connectivity index (χ1n) is 6.89. The van der Waals surface area contributed by atoms with Gasteiger partial charge in [-0.3, -0.25) is 0 Å². The number of hydrogen-bond acceptors (Lipinski definition) is 2. The van der Waals surface area contributed by atoms with Crippen molar-refractivity contribution < 1.29 is 4.74 Å². The molecule has 1 heterocycles. The normalized spacial score (nSPS) is 28.3. The average molecular weight is 266 g/mol. The second kappa shape index (κ2) is 5.60. The zero-order valence-corrected chi connectivity index (χ0v) is 11.3. The summed E-state index contributed by atoms with van der Waals surface area (Å²) in [6, 6.07) is 9.62. The largest absolute Gasteiger partial charge is 0.381 e. The number of nitrogens with one attached hydrogen (secondary N) is 1. The molecule has 1 aliphatic heterocycles. The summed E-state index contributed by atoms with van der Waals surface area (Å²) in [6.07, 6.45) is 4.94. The lowest BCUT2D eigenvalue weighted by Crippen LogP contribution is -2.44. The van der Waals surface area contributed by atoms with Gasteiger partial charge >= 0.3 is 0 Å². The van der Waals surface area contributed by atoms with Crippen LogP contribution in [-0.4, -0.2) is 25.3 Å². The van der Waals surface area contributed by atoms with Crippen LogP contribution in [0.4, 0.5) is 0 Å². The van der Waals surface area contributed by atoms with Crippen LogP contribution >= 0.6 is 11.6 Å². The summed E-state index contributed by atoms with van der Waals surface area (Å²) in [5.74, 6) is 0.598. The molecular formula is C15H20ClNO. The van der Waals surface area contributed by atoms with Gasteiger partial charge in [0.15, 0.2) is 0 Å². The standard InChI is InChI=1S/C15H20ClNO/c16-13-3-1-11(2-4-13)9-12-10-18-8-7-15(12)17-14-5-6-14/h1-4,12,14-15,17H,5-10H2. The van der Waals surface area contributed by atoms with Gasteiger partial charge in [0.05, 0.1) is 6.61 Å². The maximum atomic E-state index is 5.92. The van der Waals surface area contributed by atoms with E-state index in [4.69, 9.17) is 16.3 Å². The summed E-state index contributed by atoms with van der Waals surface area (Å²) in [6.45, 7) is 1.79. The van der Waals surface area contributed by atoms with Gasteiger partial charge in [-0.25, -0.2) is 0 Å². The third-order valence-corrected chi connectivity index (χ3v) is 4.16. The van der Waals surface area contributed by atoms with Gasteiger partial charge in [0.2, 0.25) is 0 Å². The van der Waals surface area contributed by atoms with Crippen LogP contribution in [0.1, 0.15) is 24.8 Å². The van der Waals surface area contributed by atoms with E-state index in [1.54, 1.807) is 0 Å². The Morgan fingerprint density at radius 2 is 1.94 bits per heavy atom. The van der Waals surface area contributed by atoms with E-state index in [9.17, 15) is 0 Å². The van der Waals surface area contributed by atoms with Crippen molar-refractivity contribution in [1.82, 2.24) is 5.32 Å². The lowest BCUT2D eigenvalue weighted by Gasteiger charge is -2.32. The van der Waals surface area contributed by atoms with E-state index in [0.717, 1.165) is 37.1 Å². The molecule has 1 aromatic carbocycles.